The molecular formula is C15H25ClN4O. The first-order valence-corrected chi connectivity index (χ1v) is 7.98. The maximum absolute atomic E-state index is 12.9. The van der Waals surface area contributed by atoms with Gasteiger partial charge in [0.15, 0.2) is 0 Å². The normalized spacial score (nSPS) is 20.9. The molecule has 0 spiro atoms. The molecule has 6 heteroatoms. The fourth-order valence-corrected chi connectivity index (χ4v) is 3.12. The molecule has 1 saturated heterocycles. The zero-order valence-corrected chi connectivity index (χ0v) is 14.0. The van der Waals surface area contributed by atoms with Crippen LogP contribution in [0.25, 0.3) is 0 Å². The first-order valence-electron chi connectivity index (χ1n) is 7.60. The van der Waals surface area contributed by atoms with E-state index < -0.39 is 0 Å². The second-order valence-electron chi connectivity index (χ2n) is 6.34. The van der Waals surface area contributed by atoms with Gasteiger partial charge >= 0.3 is 0 Å². The summed E-state index contributed by atoms with van der Waals surface area (Å²) in [4.78, 5) is 14.8. The van der Waals surface area contributed by atoms with Crippen molar-refractivity contribution in [2.45, 2.75) is 45.6 Å². The van der Waals surface area contributed by atoms with Crippen LogP contribution < -0.4 is 5.73 Å². The summed E-state index contributed by atoms with van der Waals surface area (Å²) < 4.78 is 1.58. The maximum atomic E-state index is 12.9. The first-order chi connectivity index (χ1) is 9.82. The van der Waals surface area contributed by atoms with Crippen LogP contribution in [0.15, 0.2) is 0 Å². The molecule has 2 atom stereocenters. The summed E-state index contributed by atoms with van der Waals surface area (Å²) in [5.41, 5.74) is 7.33. The Balaban J connectivity index is 2.28. The number of rotatable bonds is 3. The second-order valence-corrected chi connectivity index (χ2v) is 6.70. The average Bonchev–Trinajstić information content (AvgIpc) is 2.74. The van der Waals surface area contributed by atoms with Gasteiger partial charge in [-0.2, -0.15) is 5.10 Å². The molecule has 2 rings (SSSR count). The van der Waals surface area contributed by atoms with Gasteiger partial charge in [0.05, 0.1) is 11.3 Å². The number of carbonyl (C=O) groups is 1. The van der Waals surface area contributed by atoms with E-state index in [1.165, 1.54) is 0 Å². The van der Waals surface area contributed by atoms with Crippen molar-refractivity contribution in [2.75, 3.05) is 13.1 Å². The van der Waals surface area contributed by atoms with Gasteiger partial charge in [0, 0.05) is 26.2 Å². The van der Waals surface area contributed by atoms with Crippen molar-refractivity contribution in [1.29, 1.82) is 0 Å². The van der Waals surface area contributed by atoms with Crippen LogP contribution in [-0.4, -0.2) is 39.7 Å². The molecule has 0 aromatic carbocycles. The summed E-state index contributed by atoms with van der Waals surface area (Å²) in [6, 6.07) is 0.106. The number of likely N-dealkylation sites (tertiary alicyclic amines) is 1. The number of aromatic nitrogens is 2. The molecule has 0 radical (unpaired) electrons. The molecular weight excluding hydrogens is 288 g/mol. The van der Waals surface area contributed by atoms with E-state index in [0.29, 0.717) is 23.2 Å². The number of halogens is 1. The predicted octanol–water partition coefficient (Wildman–Crippen LogP) is 2.40. The Bertz CT molecular complexity index is 524. The summed E-state index contributed by atoms with van der Waals surface area (Å²) in [5, 5.41) is 4.82. The van der Waals surface area contributed by atoms with Gasteiger partial charge in [0.2, 0.25) is 0 Å². The third-order valence-electron chi connectivity index (χ3n) is 4.25. The van der Waals surface area contributed by atoms with Crippen LogP contribution in [0.3, 0.4) is 0 Å². The van der Waals surface area contributed by atoms with Crippen LogP contribution in [-0.2, 0) is 7.05 Å². The largest absolute Gasteiger partial charge is 0.338 e. The Morgan fingerprint density at radius 3 is 2.67 bits per heavy atom. The lowest BCUT2D eigenvalue weighted by Gasteiger charge is -2.34. The second kappa shape index (κ2) is 6.36. The van der Waals surface area contributed by atoms with E-state index in [9.17, 15) is 4.79 Å². The number of aryl methyl sites for hydroxylation is 1. The molecule has 118 valence electrons. The highest BCUT2D eigenvalue weighted by Crippen LogP contribution is 2.28. The molecule has 1 aromatic heterocycles. The zero-order valence-electron chi connectivity index (χ0n) is 13.3. The van der Waals surface area contributed by atoms with Gasteiger partial charge in [-0.1, -0.05) is 25.4 Å². The summed E-state index contributed by atoms with van der Waals surface area (Å²) in [7, 11) is 1.77. The first kappa shape index (κ1) is 16.3. The number of carbonyl (C=O) groups excluding carboxylic acids is 1. The van der Waals surface area contributed by atoms with Crippen molar-refractivity contribution >= 4 is 17.5 Å². The van der Waals surface area contributed by atoms with E-state index >= 15 is 0 Å². The van der Waals surface area contributed by atoms with Crippen LogP contribution in [0.5, 0.6) is 0 Å². The number of nitrogens with two attached hydrogens (primary N) is 1. The summed E-state index contributed by atoms with van der Waals surface area (Å²) in [5.74, 6) is 0.513. The third kappa shape index (κ3) is 3.24. The van der Waals surface area contributed by atoms with Crippen LogP contribution >= 0.6 is 11.6 Å². The Labute approximate surface area is 131 Å². The number of hydrogen-bond donors (Lipinski definition) is 1. The fourth-order valence-electron chi connectivity index (χ4n) is 2.91. The lowest BCUT2D eigenvalue weighted by Crippen LogP contribution is -2.45. The van der Waals surface area contributed by atoms with Crippen molar-refractivity contribution in [3.63, 3.8) is 0 Å². The van der Waals surface area contributed by atoms with Gasteiger partial charge < -0.3 is 10.6 Å². The lowest BCUT2D eigenvalue weighted by atomic mass is 9.91. The van der Waals surface area contributed by atoms with E-state index in [-0.39, 0.29) is 17.9 Å². The SMILES string of the molecule is CC(C)c1nn(C)c(Cl)c1C(=O)N1CCC[C@@H]([C@@H](C)N)C1. The van der Waals surface area contributed by atoms with Crippen molar-refractivity contribution in [3.05, 3.63) is 16.4 Å². The minimum absolute atomic E-state index is 0.0119. The van der Waals surface area contributed by atoms with Crippen LogP contribution in [0.2, 0.25) is 5.15 Å². The quantitative estimate of drug-likeness (QED) is 0.932. The smallest absolute Gasteiger partial charge is 0.258 e. The molecule has 2 N–H and O–H groups in total. The standard InChI is InChI=1S/C15H25ClN4O/c1-9(2)13-12(14(16)19(4)18-13)15(21)20-7-5-6-11(8-20)10(3)17/h9-11H,5-8,17H2,1-4H3/t10-,11-/m1/s1. The highest BCUT2D eigenvalue weighted by molar-refractivity contribution is 6.33. The van der Waals surface area contributed by atoms with Crippen LogP contribution in [0, 0.1) is 5.92 Å². The molecule has 0 bridgehead atoms. The number of nitrogens with zero attached hydrogens (tertiary/aromatic N) is 3. The number of hydrogen-bond acceptors (Lipinski definition) is 3. The van der Waals surface area contributed by atoms with E-state index in [1.807, 2.05) is 25.7 Å². The molecule has 0 saturated carbocycles. The molecule has 5 nitrogen and oxygen atoms in total. The molecule has 1 fully saturated rings. The lowest BCUT2D eigenvalue weighted by molar-refractivity contribution is 0.0659. The van der Waals surface area contributed by atoms with Gasteiger partial charge in [-0.3, -0.25) is 9.48 Å². The topological polar surface area (TPSA) is 64.2 Å². The molecule has 1 aromatic rings. The van der Waals surface area contributed by atoms with Crippen molar-refractivity contribution in [3.8, 4) is 0 Å². The Hall–Kier alpha value is -1.07. The Morgan fingerprint density at radius 2 is 2.10 bits per heavy atom. The van der Waals surface area contributed by atoms with Gasteiger partial charge in [0.1, 0.15) is 5.15 Å². The summed E-state index contributed by atoms with van der Waals surface area (Å²) in [6.07, 6.45) is 2.08. The fraction of sp³-hybridized carbons (Fsp3) is 0.733. The number of amides is 1. The third-order valence-corrected chi connectivity index (χ3v) is 4.69. The van der Waals surface area contributed by atoms with Crippen LogP contribution in [0.4, 0.5) is 0 Å². The predicted molar refractivity (Wildman–Crippen MR) is 84.6 cm³/mol. The van der Waals surface area contributed by atoms with E-state index in [0.717, 1.165) is 25.1 Å². The Kier molecular flexibility index (Phi) is 4.94. The van der Waals surface area contributed by atoms with Gasteiger partial charge in [-0.15, -0.1) is 0 Å². The van der Waals surface area contributed by atoms with E-state index in [1.54, 1.807) is 11.7 Å². The molecule has 21 heavy (non-hydrogen) atoms. The molecule has 2 heterocycles. The van der Waals surface area contributed by atoms with Gasteiger partial charge in [-0.25, -0.2) is 0 Å². The van der Waals surface area contributed by atoms with Crippen LogP contribution in [0.1, 0.15) is 55.6 Å². The zero-order chi connectivity index (χ0) is 15.7. The van der Waals surface area contributed by atoms with Crippen molar-refractivity contribution < 1.29 is 4.79 Å². The molecule has 0 aliphatic carbocycles. The minimum Gasteiger partial charge on any atom is -0.338 e. The Morgan fingerprint density at radius 1 is 1.43 bits per heavy atom. The molecule has 1 aliphatic rings. The summed E-state index contributed by atoms with van der Waals surface area (Å²) in [6.45, 7) is 7.53. The minimum atomic E-state index is -0.0119. The molecule has 1 amide bonds. The van der Waals surface area contributed by atoms with E-state index in [4.69, 9.17) is 17.3 Å². The molecule has 0 unspecified atom stereocenters. The van der Waals surface area contributed by atoms with Crippen molar-refractivity contribution in [1.82, 2.24) is 14.7 Å². The van der Waals surface area contributed by atoms with E-state index in [2.05, 4.69) is 5.10 Å². The highest BCUT2D eigenvalue weighted by atomic mass is 35.5. The number of piperidine rings is 1. The average molecular weight is 313 g/mol. The molecule has 1 aliphatic heterocycles. The monoisotopic (exact) mass is 312 g/mol. The maximum Gasteiger partial charge on any atom is 0.258 e. The van der Waals surface area contributed by atoms with Gasteiger partial charge in [0.25, 0.3) is 5.91 Å². The summed E-state index contributed by atoms with van der Waals surface area (Å²) >= 11 is 6.30. The van der Waals surface area contributed by atoms with Gasteiger partial charge in [-0.05, 0) is 31.6 Å². The van der Waals surface area contributed by atoms with Crippen molar-refractivity contribution in [2.24, 2.45) is 18.7 Å². The highest BCUT2D eigenvalue weighted by Gasteiger charge is 2.31.